The zero-order valence-electron chi connectivity index (χ0n) is 14.4. The van der Waals surface area contributed by atoms with Crippen molar-refractivity contribution in [3.05, 3.63) is 63.7 Å². The lowest BCUT2D eigenvalue weighted by Gasteiger charge is -2.11. The van der Waals surface area contributed by atoms with Crippen LogP contribution in [-0.4, -0.2) is 30.0 Å². The van der Waals surface area contributed by atoms with Crippen LogP contribution < -0.4 is 10.1 Å². The topological polar surface area (TPSA) is 108 Å². The Morgan fingerprint density at radius 2 is 1.92 bits per heavy atom. The first-order valence-corrected chi connectivity index (χ1v) is 7.86. The number of hydrogen-bond donors (Lipinski definition) is 1. The number of nitrogens with zero attached hydrogens (tertiary/aromatic N) is 1. The Bertz CT molecular complexity index is 834. The summed E-state index contributed by atoms with van der Waals surface area (Å²) in [4.78, 5) is 34.4. The van der Waals surface area contributed by atoms with Gasteiger partial charge in [-0.25, -0.2) is 4.79 Å². The minimum Gasteiger partial charge on any atom is -0.493 e. The molecule has 0 bridgehead atoms. The van der Waals surface area contributed by atoms with E-state index in [2.05, 4.69) is 5.32 Å². The number of hydrogen-bond acceptors (Lipinski definition) is 6. The molecule has 0 atom stereocenters. The molecule has 0 spiro atoms. The van der Waals surface area contributed by atoms with Gasteiger partial charge in [0.25, 0.3) is 11.6 Å². The summed E-state index contributed by atoms with van der Waals surface area (Å²) in [5.41, 5.74) is 1.01. The van der Waals surface area contributed by atoms with E-state index in [-0.39, 0.29) is 16.9 Å². The Morgan fingerprint density at radius 3 is 2.62 bits per heavy atom. The van der Waals surface area contributed by atoms with E-state index in [1.165, 1.54) is 24.3 Å². The third-order valence-electron chi connectivity index (χ3n) is 3.45. The summed E-state index contributed by atoms with van der Waals surface area (Å²) in [6, 6.07) is 10.7. The Kier molecular flexibility index (Phi) is 6.26. The van der Waals surface area contributed by atoms with Crippen molar-refractivity contribution >= 4 is 23.3 Å². The highest BCUT2D eigenvalue weighted by molar-refractivity contribution is 5.97. The molecule has 26 heavy (non-hydrogen) atoms. The smallest absolute Gasteiger partial charge is 0.342 e. The first-order valence-electron chi connectivity index (χ1n) is 7.86. The van der Waals surface area contributed by atoms with Gasteiger partial charge in [-0.05, 0) is 31.5 Å². The molecule has 0 aliphatic heterocycles. The van der Waals surface area contributed by atoms with Crippen LogP contribution in [0.25, 0.3) is 0 Å². The maximum atomic E-state index is 12.1. The summed E-state index contributed by atoms with van der Waals surface area (Å²) < 4.78 is 10.3. The number of amides is 1. The van der Waals surface area contributed by atoms with Crippen molar-refractivity contribution in [3.8, 4) is 5.75 Å². The molecule has 0 saturated carbocycles. The maximum Gasteiger partial charge on any atom is 0.342 e. The molecule has 1 amide bonds. The SMILES string of the molecule is CCOc1ccccc1C(=O)OCC(=O)Nc1cc([N+](=O)[O-])ccc1C. The van der Waals surface area contributed by atoms with E-state index >= 15 is 0 Å². The zero-order valence-corrected chi connectivity index (χ0v) is 14.4. The van der Waals surface area contributed by atoms with Gasteiger partial charge in [0.05, 0.1) is 17.2 Å². The van der Waals surface area contributed by atoms with Crippen molar-refractivity contribution < 1.29 is 24.0 Å². The highest BCUT2D eigenvalue weighted by atomic mass is 16.6. The van der Waals surface area contributed by atoms with Crippen LogP contribution >= 0.6 is 0 Å². The Balaban J connectivity index is 2.00. The number of nitro benzene ring substituents is 1. The first-order chi connectivity index (χ1) is 12.4. The average molecular weight is 358 g/mol. The van der Waals surface area contributed by atoms with Gasteiger partial charge in [-0.2, -0.15) is 0 Å². The number of aryl methyl sites for hydroxylation is 1. The van der Waals surface area contributed by atoms with Crippen molar-refractivity contribution in [2.24, 2.45) is 0 Å². The molecule has 0 unspecified atom stereocenters. The van der Waals surface area contributed by atoms with Crippen molar-refractivity contribution in [3.63, 3.8) is 0 Å². The van der Waals surface area contributed by atoms with Gasteiger partial charge in [0.15, 0.2) is 6.61 Å². The molecule has 2 rings (SSSR count). The number of para-hydroxylation sites is 1. The second-order valence-electron chi connectivity index (χ2n) is 5.31. The van der Waals surface area contributed by atoms with Crippen LogP contribution in [0.3, 0.4) is 0 Å². The highest BCUT2D eigenvalue weighted by Gasteiger charge is 2.16. The van der Waals surface area contributed by atoms with E-state index < -0.39 is 23.4 Å². The second kappa shape index (κ2) is 8.61. The number of anilines is 1. The average Bonchev–Trinajstić information content (AvgIpc) is 2.62. The normalized spacial score (nSPS) is 10.1. The van der Waals surface area contributed by atoms with E-state index in [1.54, 1.807) is 32.0 Å². The maximum absolute atomic E-state index is 12.1. The second-order valence-corrected chi connectivity index (χ2v) is 5.31. The molecule has 8 nitrogen and oxygen atoms in total. The van der Waals surface area contributed by atoms with Crippen molar-refractivity contribution in [2.75, 3.05) is 18.5 Å². The van der Waals surface area contributed by atoms with Crippen molar-refractivity contribution in [1.29, 1.82) is 0 Å². The van der Waals surface area contributed by atoms with Crippen LogP contribution in [-0.2, 0) is 9.53 Å². The fourth-order valence-corrected chi connectivity index (χ4v) is 2.17. The third-order valence-corrected chi connectivity index (χ3v) is 3.45. The number of ether oxygens (including phenoxy) is 2. The summed E-state index contributed by atoms with van der Waals surface area (Å²) in [6.07, 6.45) is 0. The summed E-state index contributed by atoms with van der Waals surface area (Å²) in [7, 11) is 0. The quantitative estimate of drug-likeness (QED) is 0.463. The zero-order chi connectivity index (χ0) is 19.1. The summed E-state index contributed by atoms with van der Waals surface area (Å²) in [6.45, 7) is 3.35. The monoisotopic (exact) mass is 358 g/mol. The van der Waals surface area contributed by atoms with Gasteiger partial charge < -0.3 is 14.8 Å². The minimum absolute atomic E-state index is 0.145. The summed E-state index contributed by atoms with van der Waals surface area (Å²) >= 11 is 0. The number of benzene rings is 2. The Morgan fingerprint density at radius 1 is 1.19 bits per heavy atom. The van der Waals surface area contributed by atoms with Crippen molar-refractivity contribution in [1.82, 2.24) is 0 Å². The van der Waals surface area contributed by atoms with Crippen LogP contribution in [0.4, 0.5) is 11.4 Å². The van der Waals surface area contributed by atoms with Crippen LogP contribution in [0, 0.1) is 17.0 Å². The molecule has 1 N–H and O–H groups in total. The molecule has 0 fully saturated rings. The van der Waals surface area contributed by atoms with E-state index in [9.17, 15) is 19.7 Å². The number of carbonyl (C=O) groups is 2. The number of non-ortho nitro benzene ring substituents is 1. The minimum atomic E-state index is -0.694. The molecule has 0 aliphatic rings. The molecule has 2 aromatic rings. The predicted octanol–water partition coefficient (Wildman–Crippen LogP) is 3.10. The van der Waals surface area contributed by atoms with Gasteiger partial charge in [-0.3, -0.25) is 14.9 Å². The van der Waals surface area contributed by atoms with Crippen LogP contribution in [0.1, 0.15) is 22.8 Å². The standard InChI is InChI=1S/C18H18N2O6/c1-3-25-16-7-5-4-6-14(16)18(22)26-11-17(21)19-15-10-13(20(23)24)9-8-12(15)2/h4-10H,3,11H2,1-2H3,(H,19,21). The van der Waals surface area contributed by atoms with E-state index in [0.717, 1.165) is 0 Å². The van der Waals surface area contributed by atoms with E-state index in [4.69, 9.17) is 9.47 Å². The number of nitro groups is 1. The Labute approximate surface area is 149 Å². The highest BCUT2D eigenvalue weighted by Crippen LogP contribution is 2.22. The largest absolute Gasteiger partial charge is 0.493 e. The summed E-state index contributed by atoms with van der Waals surface area (Å²) in [5, 5.41) is 13.3. The molecular weight excluding hydrogens is 340 g/mol. The first kappa shape index (κ1) is 18.9. The molecule has 0 heterocycles. The van der Waals surface area contributed by atoms with E-state index in [0.29, 0.717) is 17.9 Å². The van der Waals surface area contributed by atoms with Gasteiger partial charge >= 0.3 is 5.97 Å². The predicted molar refractivity (Wildman–Crippen MR) is 94.4 cm³/mol. The molecule has 0 aromatic heterocycles. The van der Waals surface area contributed by atoms with Crippen molar-refractivity contribution in [2.45, 2.75) is 13.8 Å². The number of carbonyl (C=O) groups excluding carboxylic acids is 2. The van der Waals surface area contributed by atoms with Crippen LogP contribution in [0.5, 0.6) is 5.75 Å². The van der Waals surface area contributed by atoms with Crippen LogP contribution in [0.15, 0.2) is 42.5 Å². The number of esters is 1. The van der Waals surface area contributed by atoms with Gasteiger partial charge in [-0.1, -0.05) is 18.2 Å². The van der Waals surface area contributed by atoms with Gasteiger partial charge in [0, 0.05) is 12.1 Å². The van der Waals surface area contributed by atoms with Gasteiger partial charge in [0.2, 0.25) is 0 Å². The number of rotatable bonds is 7. The fraction of sp³-hybridized carbons (Fsp3) is 0.222. The molecule has 2 aromatic carbocycles. The van der Waals surface area contributed by atoms with Gasteiger partial charge in [0.1, 0.15) is 11.3 Å². The molecule has 8 heteroatoms. The molecular formula is C18H18N2O6. The Hall–Kier alpha value is -3.42. The fourth-order valence-electron chi connectivity index (χ4n) is 2.17. The molecule has 0 radical (unpaired) electrons. The molecule has 0 aliphatic carbocycles. The lowest BCUT2D eigenvalue weighted by molar-refractivity contribution is -0.384. The lowest BCUT2D eigenvalue weighted by Crippen LogP contribution is -2.21. The lowest BCUT2D eigenvalue weighted by atomic mass is 10.2. The van der Waals surface area contributed by atoms with Crippen LogP contribution in [0.2, 0.25) is 0 Å². The van der Waals surface area contributed by atoms with E-state index in [1.807, 2.05) is 0 Å². The summed E-state index contributed by atoms with van der Waals surface area (Å²) in [5.74, 6) is -0.925. The third kappa shape index (κ3) is 4.79. The van der Waals surface area contributed by atoms with Gasteiger partial charge in [-0.15, -0.1) is 0 Å². The number of nitrogens with one attached hydrogen (secondary N) is 1. The molecule has 0 saturated heterocycles. The molecule has 136 valence electrons.